The van der Waals surface area contributed by atoms with Gasteiger partial charge in [0.15, 0.2) is 0 Å². The maximum atomic E-state index is 12.6. The first-order valence-corrected chi connectivity index (χ1v) is 9.37. The SMILES string of the molecule is CCN(CC)c1ccc(/C=N/n2cnc3sc(C)c(C)c3c2=O)c(O)c1. The Hall–Kier alpha value is -2.67. The summed E-state index contributed by atoms with van der Waals surface area (Å²) in [5.41, 5.74) is 2.24. The molecule has 0 amide bonds. The molecule has 0 aliphatic heterocycles. The van der Waals surface area contributed by atoms with Crippen LogP contribution in [0.1, 0.15) is 29.9 Å². The fraction of sp³-hybridized carbons (Fsp3) is 0.316. The number of phenolic OH excluding ortho intramolecular Hbond substituents is 1. The van der Waals surface area contributed by atoms with Gasteiger partial charge in [-0.15, -0.1) is 11.3 Å². The molecule has 0 saturated heterocycles. The summed E-state index contributed by atoms with van der Waals surface area (Å²) >= 11 is 1.51. The lowest BCUT2D eigenvalue weighted by molar-refractivity contribution is 0.474. The Bertz CT molecular complexity index is 1030. The van der Waals surface area contributed by atoms with E-state index >= 15 is 0 Å². The van der Waals surface area contributed by atoms with Gasteiger partial charge >= 0.3 is 0 Å². The molecule has 0 aliphatic carbocycles. The lowest BCUT2D eigenvalue weighted by Crippen LogP contribution is -2.21. The minimum absolute atomic E-state index is 0.128. The van der Waals surface area contributed by atoms with Gasteiger partial charge < -0.3 is 10.0 Å². The number of nitrogens with zero attached hydrogens (tertiary/aromatic N) is 4. The minimum Gasteiger partial charge on any atom is -0.507 e. The van der Waals surface area contributed by atoms with Crippen LogP contribution in [-0.4, -0.2) is 34.1 Å². The number of rotatable bonds is 5. The van der Waals surface area contributed by atoms with Gasteiger partial charge in [-0.2, -0.15) is 9.78 Å². The highest BCUT2D eigenvalue weighted by Gasteiger charge is 2.12. The first kappa shape index (κ1) is 18.1. The highest BCUT2D eigenvalue weighted by Crippen LogP contribution is 2.26. The van der Waals surface area contributed by atoms with Gasteiger partial charge in [-0.25, -0.2) is 4.98 Å². The number of thiophene rings is 1. The summed E-state index contributed by atoms with van der Waals surface area (Å²) in [4.78, 5) is 20.9. The van der Waals surface area contributed by atoms with Crippen LogP contribution in [-0.2, 0) is 0 Å². The van der Waals surface area contributed by atoms with Crippen molar-refractivity contribution in [1.29, 1.82) is 0 Å². The molecule has 0 unspecified atom stereocenters. The molecule has 2 heterocycles. The lowest BCUT2D eigenvalue weighted by Gasteiger charge is -2.21. The number of phenols is 1. The van der Waals surface area contributed by atoms with Crippen LogP contribution >= 0.6 is 11.3 Å². The van der Waals surface area contributed by atoms with E-state index < -0.39 is 0 Å². The lowest BCUT2D eigenvalue weighted by atomic mass is 10.2. The zero-order valence-corrected chi connectivity index (χ0v) is 16.2. The molecule has 0 bridgehead atoms. The highest BCUT2D eigenvalue weighted by molar-refractivity contribution is 7.18. The van der Waals surface area contributed by atoms with E-state index in [2.05, 4.69) is 28.8 Å². The van der Waals surface area contributed by atoms with E-state index in [0.29, 0.717) is 10.9 Å². The number of aromatic hydroxyl groups is 1. The van der Waals surface area contributed by atoms with Crippen molar-refractivity contribution in [3.05, 3.63) is 50.9 Å². The van der Waals surface area contributed by atoms with E-state index in [1.807, 2.05) is 19.9 Å². The predicted molar refractivity (Wildman–Crippen MR) is 108 cm³/mol. The van der Waals surface area contributed by atoms with Gasteiger partial charge in [-0.3, -0.25) is 4.79 Å². The minimum atomic E-state index is -0.202. The molecule has 26 heavy (non-hydrogen) atoms. The predicted octanol–water partition coefficient (Wildman–Crippen LogP) is 3.51. The summed E-state index contributed by atoms with van der Waals surface area (Å²) in [7, 11) is 0. The van der Waals surface area contributed by atoms with E-state index in [9.17, 15) is 9.90 Å². The van der Waals surface area contributed by atoms with Gasteiger partial charge in [-0.1, -0.05) is 0 Å². The summed E-state index contributed by atoms with van der Waals surface area (Å²) in [5, 5.41) is 15.1. The van der Waals surface area contributed by atoms with Crippen molar-refractivity contribution < 1.29 is 5.11 Å². The van der Waals surface area contributed by atoms with E-state index in [-0.39, 0.29) is 11.3 Å². The van der Waals surface area contributed by atoms with Crippen molar-refractivity contribution in [3.8, 4) is 5.75 Å². The zero-order chi connectivity index (χ0) is 18.8. The Morgan fingerprint density at radius 2 is 2.04 bits per heavy atom. The van der Waals surface area contributed by atoms with Crippen molar-refractivity contribution >= 4 is 33.5 Å². The summed E-state index contributed by atoms with van der Waals surface area (Å²) in [6.45, 7) is 9.76. The average Bonchev–Trinajstić information content (AvgIpc) is 2.92. The quantitative estimate of drug-likeness (QED) is 0.698. The molecule has 0 atom stereocenters. The third kappa shape index (κ3) is 3.22. The summed E-state index contributed by atoms with van der Waals surface area (Å²) < 4.78 is 1.21. The van der Waals surface area contributed by atoms with Crippen LogP contribution in [0.15, 0.2) is 34.4 Å². The molecule has 0 spiro atoms. The van der Waals surface area contributed by atoms with E-state index in [0.717, 1.165) is 34.0 Å². The van der Waals surface area contributed by atoms with Crippen LogP contribution < -0.4 is 10.5 Å². The van der Waals surface area contributed by atoms with Crippen molar-refractivity contribution in [2.24, 2.45) is 5.10 Å². The Labute approximate surface area is 156 Å². The van der Waals surface area contributed by atoms with Crippen molar-refractivity contribution in [3.63, 3.8) is 0 Å². The topological polar surface area (TPSA) is 70.7 Å². The third-order valence-electron chi connectivity index (χ3n) is 4.54. The largest absolute Gasteiger partial charge is 0.507 e. The first-order valence-electron chi connectivity index (χ1n) is 8.55. The number of benzene rings is 1. The maximum Gasteiger partial charge on any atom is 0.282 e. The molecule has 1 N–H and O–H groups in total. The maximum absolute atomic E-state index is 12.6. The Balaban J connectivity index is 1.95. The smallest absolute Gasteiger partial charge is 0.282 e. The second-order valence-electron chi connectivity index (χ2n) is 6.02. The van der Waals surface area contributed by atoms with Crippen molar-refractivity contribution in [1.82, 2.24) is 9.66 Å². The fourth-order valence-corrected chi connectivity index (χ4v) is 3.85. The monoisotopic (exact) mass is 370 g/mol. The Morgan fingerprint density at radius 1 is 1.31 bits per heavy atom. The second kappa shape index (κ2) is 7.29. The molecule has 3 aromatic rings. The number of hydrogen-bond donors (Lipinski definition) is 1. The molecule has 136 valence electrons. The average molecular weight is 370 g/mol. The third-order valence-corrected chi connectivity index (χ3v) is 5.65. The van der Waals surface area contributed by atoms with Gasteiger partial charge in [0.1, 0.15) is 16.9 Å². The molecule has 3 rings (SSSR count). The van der Waals surface area contributed by atoms with Gasteiger partial charge in [-0.05, 0) is 45.4 Å². The van der Waals surface area contributed by atoms with Gasteiger partial charge in [0.2, 0.25) is 0 Å². The van der Waals surface area contributed by atoms with Crippen LogP contribution in [0, 0.1) is 13.8 Å². The van der Waals surface area contributed by atoms with Crippen LogP contribution in [0.25, 0.3) is 10.2 Å². The Kier molecular flexibility index (Phi) is 5.08. The molecule has 6 nitrogen and oxygen atoms in total. The molecular formula is C19H22N4O2S. The molecule has 0 fully saturated rings. The van der Waals surface area contributed by atoms with Crippen LogP contribution in [0.3, 0.4) is 0 Å². The molecule has 1 aromatic carbocycles. The van der Waals surface area contributed by atoms with E-state index in [1.54, 1.807) is 12.1 Å². The van der Waals surface area contributed by atoms with Crippen molar-refractivity contribution in [2.45, 2.75) is 27.7 Å². The number of aromatic nitrogens is 2. The fourth-order valence-electron chi connectivity index (χ4n) is 2.86. The van der Waals surface area contributed by atoms with E-state index in [1.165, 1.54) is 28.6 Å². The summed E-state index contributed by atoms with van der Waals surface area (Å²) in [5.74, 6) is 0.128. The van der Waals surface area contributed by atoms with E-state index in [4.69, 9.17) is 0 Å². The summed E-state index contributed by atoms with van der Waals surface area (Å²) in [6, 6.07) is 5.44. The normalized spacial score (nSPS) is 11.5. The first-order chi connectivity index (χ1) is 12.5. The van der Waals surface area contributed by atoms with Gasteiger partial charge in [0.25, 0.3) is 5.56 Å². The Morgan fingerprint density at radius 3 is 2.69 bits per heavy atom. The summed E-state index contributed by atoms with van der Waals surface area (Å²) in [6.07, 6.45) is 2.89. The molecule has 7 heteroatoms. The van der Waals surface area contributed by atoms with Crippen molar-refractivity contribution in [2.75, 3.05) is 18.0 Å². The molecule has 2 aromatic heterocycles. The molecule has 0 radical (unpaired) electrons. The number of aryl methyl sites for hydroxylation is 2. The van der Waals surface area contributed by atoms with Crippen LogP contribution in [0.4, 0.5) is 5.69 Å². The number of fused-ring (bicyclic) bond motifs is 1. The van der Waals surface area contributed by atoms with Gasteiger partial charge in [0, 0.05) is 35.3 Å². The standard InChI is InChI=1S/C19H22N4O2S/c1-5-22(6-2)15-8-7-14(16(24)9-15)10-21-23-11-20-18-17(19(23)25)12(3)13(4)26-18/h7-11,24H,5-6H2,1-4H3/b21-10+. The molecular weight excluding hydrogens is 348 g/mol. The highest BCUT2D eigenvalue weighted by atomic mass is 32.1. The number of hydrogen-bond acceptors (Lipinski definition) is 6. The zero-order valence-electron chi connectivity index (χ0n) is 15.4. The van der Waals surface area contributed by atoms with Crippen LogP contribution in [0.5, 0.6) is 5.75 Å². The number of anilines is 1. The second-order valence-corrected chi connectivity index (χ2v) is 7.22. The molecule has 0 saturated carbocycles. The molecule has 0 aliphatic rings. The van der Waals surface area contributed by atoms with Crippen LogP contribution in [0.2, 0.25) is 0 Å². The van der Waals surface area contributed by atoms with Gasteiger partial charge in [0.05, 0.1) is 11.6 Å².